The standard InChI is InChI=1S/C23H21N3O4/c27-22-19-6-3-17(23(28)29)14-20(19)24-21-16(7-8-26(21)22)13-15-1-4-18(5-2-15)25-9-11-30-12-10-25/h1-6,13-14H,7-12H2,(H,28,29). The number of aromatic nitrogens is 2. The number of nitrogens with zero attached hydrogens (tertiary/aromatic N) is 3. The van der Waals surface area contributed by atoms with Crippen LogP contribution in [0.15, 0.2) is 47.3 Å². The number of morpholine rings is 1. The third-order valence-corrected chi connectivity index (χ3v) is 5.70. The second kappa shape index (κ2) is 7.42. The van der Waals surface area contributed by atoms with Crippen LogP contribution in [-0.2, 0) is 11.3 Å². The summed E-state index contributed by atoms with van der Waals surface area (Å²) < 4.78 is 7.09. The van der Waals surface area contributed by atoms with E-state index in [1.165, 1.54) is 17.8 Å². The van der Waals surface area contributed by atoms with Gasteiger partial charge in [0.15, 0.2) is 0 Å². The number of rotatable bonds is 3. The molecule has 0 spiro atoms. The Bertz CT molecular complexity index is 1220. The maximum absolute atomic E-state index is 12.9. The van der Waals surface area contributed by atoms with Crippen LogP contribution in [0.4, 0.5) is 5.69 Å². The molecule has 2 aromatic carbocycles. The summed E-state index contributed by atoms with van der Waals surface area (Å²) in [7, 11) is 0. The minimum Gasteiger partial charge on any atom is -0.478 e. The van der Waals surface area contributed by atoms with E-state index in [-0.39, 0.29) is 11.1 Å². The van der Waals surface area contributed by atoms with E-state index >= 15 is 0 Å². The van der Waals surface area contributed by atoms with Crippen molar-refractivity contribution in [3.05, 3.63) is 69.8 Å². The quantitative estimate of drug-likeness (QED) is 0.724. The number of ether oxygens (including phenoxy) is 1. The fourth-order valence-electron chi connectivity index (χ4n) is 4.09. The zero-order valence-electron chi connectivity index (χ0n) is 16.4. The summed E-state index contributed by atoms with van der Waals surface area (Å²) in [6.07, 6.45) is 2.77. The smallest absolute Gasteiger partial charge is 0.335 e. The Kier molecular flexibility index (Phi) is 4.59. The first kappa shape index (κ1) is 18.6. The lowest BCUT2D eigenvalue weighted by Gasteiger charge is -2.28. The Morgan fingerprint density at radius 3 is 2.57 bits per heavy atom. The molecule has 7 heteroatoms. The van der Waals surface area contributed by atoms with Crippen molar-refractivity contribution < 1.29 is 14.6 Å². The third-order valence-electron chi connectivity index (χ3n) is 5.70. The number of carboxylic acids is 1. The van der Waals surface area contributed by atoms with Gasteiger partial charge in [-0.25, -0.2) is 9.78 Å². The van der Waals surface area contributed by atoms with Crippen LogP contribution in [0.25, 0.3) is 22.6 Å². The highest BCUT2D eigenvalue weighted by molar-refractivity contribution is 5.93. The van der Waals surface area contributed by atoms with Gasteiger partial charge in [-0.2, -0.15) is 0 Å². The molecule has 3 heterocycles. The molecular weight excluding hydrogens is 382 g/mol. The average Bonchev–Trinajstić information content (AvgIpc) is 3.17. The summed E-state index contributed by atoms with van der Waals surface area (Å²) in [5, 5.41) is 9.68. The van der Waals surface area contributed by atoms with Gasteiger partial charge in [0.1, 0.15) is 5.82 Å². The van der Waals surface area contributed by atoms with E-state index in [4.69, 9.17) is 4.74 Å². The molecule has 1 saturated heterocycles. The van der Waals surface area contributed by atoms with Crippen LogP contribution in [0.2, 0.25) is 0 Å². The van der Waals surface area contributed by atoms with Gasteiger partial charge in [0.2, 0.25) is 0 Å². The molecule has 0 aliphatic carbocycles. The van der Waals surface area contributed by atoms with Gasteiger partial charge in [0, 0.05) is 25.3 Å². The molecule has 1 fully saturated rings. The van der Waals surface area contributed by atoms with Crippen LogP contribution in [-0.4, -0.2) is 46.9 Å². The van der Waals surface area contributed by atoms with E-state index < -0.39 is 5.97 Å². The van der Waals surface area contributed by atoms with Crippen LogP contribution >= 0.6 is 0 Å². The van der Waals surface area contributed by atoms with Gasteiger partial charge in [-0.1, -0.05) is 12.1 Å². The predicted octanol–water partition coefficient (Wildman–Crippen LogP) is 2.88. The monoisotopic (exact) mass is 403 g/mol. The Labute approximate surface area is 172 Å². The maximum Gasteiger partial charge on any atom is 0.335 e. The highest BCUT2D eigenvalue weighted by Crippen LogP contribution is 2.28. The number of fused-ring (bicyclic) bond motifs is 2. The number of anilines is 1. The van der Waals surface area contributed by atoms with Crippen molar-refractivity contribution in [1.82, 2.24) is 9.55 Å². The Morgan fingerprint density at radius 1 is 1.07 bits per heavy atom. The number of carboxylic acid groups (broad SMARTS) is 1. The van der Waals surface area contributed by atoms with E-state index in [1.807, 2.05) is 0 Å². The molecule has 0 amide bonds. The normalized spacial score (nSPS) is 17.5. The first-order chi connectivity index (χ1) is 14.6. The minimum atomic E-state index is -1.03. The van der Waals surface area contributed by atoms with Crippen LogP contribution < -0.4 is 10.5 Å². The Morgan fingerprint density at radius 2 is 1.83 bits per heavy atom. The van der Waals surface area contributed by atoms with Crippen molar-refractivity contribution >= 4 is 34.2 Å². The second-order valence-electron chi connectivity index (χ2n) is 7.54. The highest BCUT2D eigenvalue weighted by Gasteiger charge is 2.21. The molecule has 1 aromatic heterocycles. The van der Waals surface area contributed by atoms with Crippen LogP contribution in [0, 0.1) is 0 Å². The lowest BCUT2D eigenvalue weighted by atomic mass is 10.1. The van der Waals surface area contributed by atoms with Gasteiger partial charge < -0.3 is 14.7 Å². The fraction of sp³-hybridized carbons (Fsp3) is 0.261. The van der Waals surface area contributed by atoms with E-state index in [1.54, 1.807) is 10.6 Å². The molecule has 1 N–H and O–H groups in total. The van der Waals surface area contributed by atoms with Gasteiger partial charge in [-0.15, -0.1) is 0 Å². The highest BCUT2D eigenvalue weighted by atomic mass is 16.5. The average molecular weight is 403 g/mol. The fourth-order valence-corrected chi connectivity index (χ4v) is 4.09. The molecule has 0 radical (unpaired) electrons. The van der Waals surface area contributed by atoms with E-state index in [0.29, 0.717) is 23.3 Å². The largest absolute Gasteiger partial charge is 0.478 e. The lowest BCUT2D eigenvalue weighted by molar-refractivity contribution is 0.0697. The van der Waals surface area contributed by atoms with Crippen molar-refractivity contribution in [3.8, 4) is 0 Å². The molecule has 30 heavy (non-hydrogen) atoms. The molecule has 0 atom stereocenters. The van der Waals surface area contributed by atoms with Crippen molar-refractivity contribution in [3.63, 3.8) is 0 Å². The molecule has 2 aliphatic rings. The molecule has 7 nitrogen and oxygen atoms in total. The van der Waals surface area contributed by atoms with Gasteiger partial charge in [0.05, 0.1) is 29.7 Å². The molecule has 0 unspecified atom stereocenters. The van der Waals surface area contributed by atoms with E-state index in [9.17, 15) is 14.7 Å². The van der Waals surface area contributed by atoms with Crippen LogP contribution in [0.3, 0.4) is 0 Å². The first-order valence-corrected chi connectivity index (χ1v) is 10.0. The van der Waals surface area contributed by atoms with Gasteiger partial charge >= 0.3 is 5.97 Å². The Hall–Kier alpha value is -3.45. The minimum absolute atomic E-state index is 0.126. The number of carbonyl (C=O) groups is 1. The molecule has 2 aliphatic heterocycles. The van der Waals surface area contributed by atoms with Crippen molar-refractivity contribution in [2.24, 2.45) is 0 Å². The third kappa shape index (κ3) is 3.27. The summed E-state index contributed by atoms with van der Waals surface area (Å²) in [6, 6.07) is 12.8. The maximum atomic E-state index is 12.9. The van der Waals surface area contributed by atoms with E-state index in [2.05, 4.69) is 40.2 Å². The molecule has 0 saturated carbocycles. The Balaban J connectivity index is 1.50. The second-order valence-corrected chi connectivity index (χ2v) is 7.54. The van der Waals surface area contributed by atoms with Crippen LogP contribution in [0.1, 0.15) is 28.2 Å². The molecule has 5 rings (SSSR count). The first-order valence-electron chi connectivity index (χ1n) is 10.0. The molecule has 152 valence electrons. The van der Waals surface area contributed by atoms with Gasteiger partial charge in [-0.05, 0) is 54.0 Å². The molecular formula is C23H21N3O4. The lowest BCUT2D eigenvalue weighted by Crippen LogP contribution is -2.36. The number of benzene rings is 2. The van der Waals surface area contributed by atoms with Gasteiger partial charge in [0.25, 0.3) is 5.56 Å². The molecule has 0 bridgehead atoms. The number of hydrogen-bond donors (Lipinski definition) is 1. The van der Waals surface area contributed by atoms with Gasteiger partial charge in [-0.3, -0.25) is 9.36 Å². The number of hydrogen-bond acceptors (Lipinski definition) is 5. The molecule has 3 aromatic rings. The summed E-state index contributed by atoms with van der Waals surface area (Å²) in [5.41, 5.74) is 3.62. The number of allylic oxidation sites excluding steroid dienone is 1. The SMILES string of the molecule is O=C(O)c1ccc2c(=O)n3c(nc2c1)C(=Cc1ccc(N2CCOCC2)cc1)CC3. The zero-order chi connectivity index (χ0) is 20.7. The zero-order valence-corrected chi connectivity index (χ0v) is 16.4. The topological polar surface area (TPSA) is 84.7 Å². The summed E-state index contributed by atoms with van der Waals surface area (Å²) in [4.78, 5) is 31.1. The number of aromatic carboxylic acids is 1. The van der Waals surface area contributed by atoms with Crippen molar-refractivity contribution in [1.29, 1.82) is 0 Å². The van der Waals surface area contributed by atoms with Crippen LogP contribution in [0.5, 0.6) is 0 Å². The predicted molar refractivity (Wildman–Crippen MR) is 115 cm³/mol. The summed E-state index contributed by atoms with van der Waals surface area (Å²) >= 11 is 0. The summed E-state index contributed by atoms with van der Waals surface area (Å²) in [6.45, 7) is 3.87. The van der Waals surface area contributed by atoms with E-state index in [0.717, 1.165) is 43.9 Å². The van der Waals surface area contributed by atoms with Crippen molar-refractivity contribution in [2.45, 2.75) is 13.0 Å². The van der Waals surface area contributed by atoms with Crippen molar-refractivity contribution in [2.75, 3.05) is 31.2 Å². The summed E-state index contributed by atoms with van der Waals surface area (Å²) in [5.74, 6) is -0.414.